The molecule has 0 aromatic heterocycles. The van der Waals surface area contributed by atoms with E-state index < -0.39 is 10.9 Å². The Hall–Kier alpha value is -2.99. The van der Waals surface area contributed by atoms with Gasteiger partial charge in [0, 0.05) is 22.7 Å². The van der Waals surface area contributed by atoms with Crippen LogP contribution < -0.4 is 0 Å². The normalized spacial score (nSPS) is 15.4. The summed E-state index contributed by atoms with van der Waals surface area (Å²) in [5.41, 5.74) is 1.13. The van der Waals surface area contributed by atoms with Gasteiger partial charge in [-0.2, -0.15) is 0 Å². The molecule has 0 N–H and O–H groups in total. The smallest absolute Gasteiger partial charge is 0.363 e. The van der Waals surface area contributed by atoms with Crippen LogP contribution in [-0.2, 0) is 9.53 Å². The minimum absolute atomic E-state index is 0.0407. The molecule has 0 fully saturated rings. The Morgan fingerprint density at radius 1 is 1.17 bits per heavy atom. The first-order valence-electron chi connectivity index (χ1n) is 6.56. The van der Waals surface area contributed by atoms with Gasteiger partial charge in [-0.05, 0) is 29.8 Å². The number of hydrogen-bond acceptors (Lipinski definition) is 5. The van der Waals surface area contributed by atoms with E-state index in [-0.39, 0.29) is 17.3 Å². The largest absolute Gasteiger partial charge is 0.402 e. The van der Waals surface area contributed by atoms with Crippen molar-refractivity contribution in [2.45, 2.75) is 0 Å². The summed E-state index contributed by atoms with van der Waals surface area (Å²) in [5.74, 6) is -0.569. The Kier molecular flexibility index (Phi) is 3.91. The molecule has 114 valence electrons. The van der Waals surface area contributed by atoms with Gasteiger partial charge in [-0.1, -0.05) is 29.8 Å². The number of esters is 1. The molecule has 0 spiro atoms. The summed E-state index contributed by atoms with van der Waals surface area (Å²) in [7, 11) is 0. The van der Waals surface area contributed by atoms with E-state index in [1.165, 1.54) is 18.2 Å². The first kappa shape index (κ1) is 14.9. The van der Waals surface area contributed by atoms with Gasteiger partial charge in [-0.3, -0.25) is 10.1 Å². The van der Waals surface area contributed by atoms with Crippen LogP contribution in [0.5, 0.6) is 0 Å². The fourth-order valence-corrected chi connectivity index (χ4v) is 2.13. The highest BCUT2D eigenvalue weighted by atomic mass is 35.5. The molecular formula is C16H9ClN2O4. The van der Waals surface area contributed by atoms with Crippen LogP contribution in [0.15, 0.2) is 59.2 Å². The minimum Gasteiger partial charge on any atom is -0.402 e. The second-order valence-electron chi connectivity index (χ2n) is 4.70. The maximum Gasteiger partial charge on any atom is 0.363 e. The third kappa shape index (κ3) is 3.27. The van der Waals surface area contributed by atoms with E-state index in [2.05, 4.69) is 4.99 Å². The van der Waals surface area contributed by atoms with Crippen LogP contribution in [0, 0.1) is 10.1 Å². The van der Waals surface area contributed by atoms with E-state index in [0.717, 1.165) is 5.56 Å². The Balaban J connectivity index is 1.93. The number of rotatable bonds is 3. The number of cyclic esters (lactones) is 1. The van der Waals surface area contributed by atoms with Gasteiger partial charge in [-0.25, -0.2) is 9.79 Å². The van der Waals surface area contributed by atoms with Crippen molar-refractivity contribution in [2.24, 2.45) is 4.99 Å². The number of hydrogen-bond donors (Lipinski definition) is 0. The highest BCUT2D eigenvalue weighted by molar-refractivity contribution is 6.30. The molecule has 7 heteroatoms. The zero-order chi connectivity index (χ0) is 16.4. The topological polar surface area (TPSA) is 81.8 Å². The summed E-state index contributed by atoms with van der Waals surface area (Å²) in [4.78, 5) is 26.3. The highest BCUT2D eigenvalue weighted by Gasteiger charge is 2.25. The summed E-state index contributed by atoms with van der Waals surface area (Å²) in [6.07, 6.45) is 1.56. The number of nitro groups is 1. The van der Waals surface area contributed by atoms with Gasteiger partial charge in [0.05, 0.1) is 4.92 Å². The predicted molar refractivity (Wildman–Crippen MR) is 85.2 cm³/mol. The number of benzene rings is 2. The molecule has 0 saturated heterocycles. The number of carbonyl (C=O) groups is 1. The second kappa shape index (κ2) is 6.02. The SMILES string of the molecule is O=C1OC(c2cccc([N+](=O)[O-])c2)=N/C1=C\c1ccc(Cl)cc1. The monoisotopic (exact) mass is 328 g/mol. The average Bonchev–Trinajstić information content (AvgIpc) is 2.91. The van der Waals surface area contributed by atoms with Crippen molar-refractivity contribution < 1.29 is 14.5 Å². The maximum absolute atomic E-state index is 11.9. The van der Waals surface area contributed by atoms with Crippen molar-refractivity contribution in [3.8, 4) is 0 Å². The Bertz CT molecular complexity index is 857. The molecule has 3 rings (SSSR count). The molecule has 1 heterocycles. The molecule has 0 unspecified atom stereocenters. The van der Waals surface area contributed by atoms with E-state index in [1.807, 2.05) is 0 Å². The van der Waals surface area contributed by atoms with Crippen molar-refractivity contribution in [3.63, 3.8) is 0 Å². The Morgan fingerprint density at radius 2 is 1.91 bits per heavy atom. The standard InChI is InChI=1S/C16H9ClN2O4/c17-12-6-4-10(5-7-12)8-14-16(20)23-15(18-14)11-2-1-3-13(9-11)19(21)22/h1-9H/b14-8-. The summed E-state index contributed by atoms with van der Waals surface area (Å²) in [5, 5.41) is 11.4. The van der Waals surface area contributed by atoms with Crippen molar-refractivity contribution in [1.82, 2.24) is 0 Å². The van der Waals surface area contributed by atoms with Crippen molar-refractivity contribution in [3.05, 3.63) is 80.5 Å². The summed E-state index contributed by atoms with van der Waals surface area (Å²) >= 11 is 5.81. The van der Waals surface area contributed by atoms with Crippen molar-refractivity contribution in [1.29, 1.82) is 0 Å². The summed E-state index contributed by atoms with van der Waals surface area (Å²) in [6.45, 7) is 0. The molecular weight excluding hydrogens is 320 g/mol. The molecule has 0 radical (unpaired) electrons. The minimum atomic E-state index is -0.610. The van der Waals surface area contributed by atoms with E-state index in [4.69, 9.17) is 16.3 Å². The highest BCUT2D eigenvalue weighted by Crippen LogP contribution is 2.22. The van der Waals surface area contributed by atoms with Crippen LogP contribution in [0.1, 0.15) is 11.1 Å². The third-order valence-electron chi connectivity index (χ3n) is 3.10. The molecule has 6 nitrogen and oxygen atoms in total. The quantitative estimate of drug-likeness (QED) is 0.373. The summed E-state index contributed by atoms with van der Waals surface area (Å²) in [6, 6.07) is 12.6. The molecule has 1 aliphatic heterocycles. The van der Waals surface area contributed by atoms with Gasteiger partial charge in [0.25, 0.3) is 5.69 Å². The molecule has 2 aromatic carbocycles. The zero-order valence-electron chi connectivity index (χ0n) is 11.6. The van der Waals surface area contributed by atoms with E-state index >= 15 is 0 Å². The summed E-state index contributed by atoms with van der Waals surface area (Å²) < 4.78 is 5.08. The molecule has 0 aliphatic carbocycles. The first-order valence-corrected chi connectivity index (χ1v) is 6.94. The molecule has 2 aromatic rings. The van der Waals surface area contributed by atoms with Crippen LogP contribution in [0.4, 0.5) is 5.69 Å². The van der Waals surface area contributed by atoms with Gasteiger partial charge in [0.15, 0.2) is 5.70 Å². The zero-order valence-corrected chi connectivity index (χ0v) is 12.4. The van der Waals surface area contributed by atoms with Gasteiger partial charge >= 0.3 is 5.97 Å². The lowest BCUT2D eigenvalue weighted by atomic mass is 10.2. The second-order valence-corrected chi connectivity index (χ2v) is 5.13. The number of halogens is 1. The first-order chi connectivity index (χ1) is 11.0. The number of non-ortho nitro benzene ring substituents is 1. The number of nitro benzene ring substituents is 1. The predicted octanol–water partition coefficient (Wildman–Crippen LogP) is 3.59. The number of ether oxygens (including phenoxy) is 1. The number of nitrogens with zero attached hydrogens (tertiary/aromatic N) is 2. The molecule has 1 aliphatic rings. The molecule has 0 bridgehead atoms. The van der Waals surface area contributed by atoms with Crippen LogP contribution in [0.2, 0.25) is 5.02 Å². The van der Waals surface area contributed by atoms with Gasteiger partial charge in [0.2, 0.25) is 5.90 Å². The lowest BCUT2D eigenvalue weighted by Gasteiger charge is -1.98. The Labute approximate surface area is 135 Å². The fraction of sp³-hybridized carbons (Fsp3) is 0. The van der Waals surface area contributed by atoms with Gasteiger partial charge < -0.3 is 4.74 Å². The third-order valence-corrected chi connectivity index (χ3v) is 3.35. The van der Waals surface area contributed by atoms with Crippen molar-refractivity contribution >= 4 is 35.2 Å². The molecule has 0 atom stereocenters. The Morgan fingerprint density at radius 3 is 2.61 bits per heavy atom. The fourth-order valence-electron chi connectivity index (χ4n) is 2.00. The van der Waals surface area contributed by atoms with E-state index in [9.17, 15) is 14.9 Å². The maximum atomic E-state index is 11.9. The van der Waals surface area contributed by atoms with E-state index in [1.54, 1.807) is 36.4 Å². The van der Waals surface area contributed by atoms with Crippen LogP contribution in [0.3, 0.4) is 0 Å². The number of carbonyl (C=O) groups excluding carboxylic acids is 1. The van der Waals surface area contributed by atoms with Crippen molar-refractivity contribution in [2.75, 3.05) is 0 Å². The van der Waals surface area contributed by atoms with E-state index in [0.29, 0.717) is 10.6 Å². The lowest BCUT2D eigenvalue weighted by molar-refractivity contribution is -0.384. The van der Waals surface area contributed by atoms with Gasteiger partial charge in [0.1, 0.15) is 0 Å². The number of aliphatic imine (C=N–C) groups is 1. The molecule has 0 saturated carbocycles. The molecule has 23 heavy (non-hydrogen) atoms. The van der Waals surface area contributed by atoms with Crippen LogP contribution in [0.25, 0.3) is 6.08 Å². The van der Waals surface area contributed by atoms with Crippen LogP contribution >= 0.6 is 11.6 Å². The molecule has 0 amide bonds. The van der Waals surface area contributed by atoms with Crippen LogP contribution in [-0.4, -0.2) is 16.8 Å². The average molecular weight is 329 g/mol. The van der Waals surface area contributed by atoms with Gasteiger partial charge in [-0.15, -0.1) is 0 Å². The lowest BCUT2D eigenvalue weighted by Crippen LogP contribution is -2.05.